The molecule has 108 valence electrons. The second kappa shape index (κ2) is 6.67. The summed E-state index contributed by atoms with van der Waals surface area (Å²) in [5.41, 5.74) is -0.203. The van der Waals surface area contributed by atoms with Crippen molar-refractivity contribution >= 4 is 40.6 Å². The van der Waals surface area contributed by atoms with E-state index in [1.165, 1.54) is 4.90 Å². The molecule has 1 saturated heterocycles. The van der Waals surface area contributed by atoms with Crippen LogP contribution in [0.2, 0.25) is 0 Å². The molecule has 5 nitrogen and oxygen atoms in total. The molecule has 1 aliphatic heterocycles. The van der Waals surface area contributed by atoms with Crippen LogP contribution in [0.15, 0.2) is 0 Å². The Morgan fingerprint density at radius 3 is 2.32 bits per heavy atom. The van der Waals surface area contributed by atoms with Gasteiger partial charge in [-0.2, -0.15) is 0 Å². The minimum atomic E-state index is -0.203. The lowest BCUT2D eigenvalue weighted by Crippen LogP contribution is -2.42. The van der Waals surface area contributed by atoms with Gasteiger partial charge < -0.3 is 0 Å². The fraction of sp³-hybridized carbons (Fsp3) is 0.769. The standard InChI is InChI=1S/C13H21IN2O3/c1-4-8-13(2,3)16(14)12(19)7-9-15-10(17)5-6-11(15)18/h4-9H2,1-3H3. The van der Waals surface area contributed by atoms with Gasteiger partial charge in [-0.15, -0.1) is 0 Å². The minimum absolute atomic E-state index is 0.0356. The highest BCUT2D eigenvalue weighted by atomic mass is 127. The van der Waals surface area contributed by atoms with E-state index in [4.69, 9.17) is 0 Å². The normalized spacial score (nSPS) is 16.1. The van der Waals surface area contributed by atoms with E-state index in [1.807, 2.05) is 36.7 Å². The van der Waals surface area contributed by atoms with Crippen molar-refractivity contribution < 1.29 is 14.4 Å². The van der Waals surface area contributed by atoms with Crippen LogP contribution < -0.4 is 0 Å². The van der Waals surface area contributed by atoms with Crippen LogP contribution in [0.25, 0.3) is 0 Å². The number of likely N-dealkylation sites (tertiary alicyclic amines) is 1. The zero-order valence-corrected chi connectivity index (χ0v) is 13.9. The van der Waals surface area contributed by atoms with Crippen molar-refractivity contribution in [3.63, 3.8) is 0 Å². The summed E-state index contributed by atoms with van der Waals surface area (Å²) in [6.45, 7) is 6.33. The van der Waals surface area contributed by atoms with Gasteiger partial charge in [0, 0.05) is 31.3 Å². The third kappa shape index (κ3) is 4.15. The fourth-order valence-corrected chi connectivity index (χ4v) is 2.71. The lowest BCUT2D eigenvalue weighted by molar-refractivity contribution is -0.139. The largest absolute Gasteiger partial charge is 0.282 e. The first kappa shape index (κ1) is 16.4. The van der Waals surface area contributed by atoms with Gasteiger partial charge in [0.2, 0.25) is 17.7 Å². The maximum atomic E-state index is 12.1. The number of hydrogen-bond donors (Lipinski definition) is 0. The van der Waals surface area contributed by atoms with Crippen LogP contribution in [0, 0.1) is 0 Å². The Kier molecular flexibility index (Phi) is 5.76. The third-order valence-electron chi connectivity index (χ3n) is 3.32. The Morgan fingerprint density at radius 2 is 1.84 bits per heavy atom. The molecule has 1 fully saturated rings. The molecule has 0 spiro atoms. The zero-order chi connectivity index (χ0) is 14.6. The monoisotopic (exact) mass is 380 g/mol. The molecule has 6 heteroatoms. The molecular formula is C13H21IN2O3. The van der Waals surface area contributed by atoms with Gasteiger partial charge >= 0.3 is 0 Å². The number of nitrogens with zero attached hydrogens (tertiary/aromatic N) is 2. The molecule has 0 N–H and O–H groups in total. The Labute approximate surface area is 128 Å². The molecular weight excluding hydrogens is 359 g/mol. The number of hydrogen-bond acceptors (Lipinski definition) is 3. The maximum Gasteiger partial charge on any atom is 0.233 e. The Hall–Kier alpha value is -0.660. The lowest BCUT2D eigenvalue weighted by Gasteiger charge is -2.33. The predicted octanol–water partition coefficient (Wildman–Crippen LogP) is 2.28. The molecule has 19 heavy (non-hydrogen) atoms. The van der Waals surface area contributed by atoms with Gasteiger partial charge in [-0.1, -0.05) is 13.3 Å². The highest BCUT2D eigenvalue weighted by molar-refractivity contribution is 14.1. The van der Waals surface area contributed by atoms with Crippen LogP contribution in [0.5, 0.6) is 0 Å². The van der Waals surface area contributed by atoms with E-state index in [0.29, 0.717) is 0 Å². The van der Waals surface area contributed by atoms with Crippen molar-refractivity contribution in [1.29, 1.82) is 0 Å². The van der Waals surface area contributed by atoms with Gasteiger partial charge in [-0.05, 0) is 20.3 Å². The SMILES string of the molecule is CCCC(C)(C)N(I)C(=O)CCN1C(=O)CCC1=O. The van der Waals surface area contributed by atoms with Crippen molar-refractivity contribution in [3.8, 4) is 0 Å². The number of halogens is 1. The van der Waals surface area contributed by atoms with Crippen molar-refractivity contribution in [3.05, 3.63) is 0 Å². The first-order valence-corrected chi connectivity index (χ1v) is 7.58. The molecule has 0 aromatic heterocycles. The van der Waals surface area contributed by atoms with E-state index in [1.54, 1.807) is 3.11 Å². The highest BCUT2D eigenvalue weighted by Crippen LogP contribution is 2.25. The summed E-state index contributed by atoms with van der Waals surface area (Å²) in [6, 6.07) is 0. The number of amides is 3. The quantitative estimate of drug-likeness (QED) is 0.404. The van der Waals surface area contributed by atoms with Gasteiger partial charge in [0.05, 0.1) is 22.9 Å². The minimum Gasteiger partial charge on any atom is -0.282 e. The van der Waals surface area contributed by atoms with Crippen molar-refractivity contribution in [2.75, 3.05) is 6.54 Å². The summed E-state index contributed by atoms with van der Waals surface area (Å²) in [6.07, 6.45) is 2.68. The fourth-order valence-electron chi connectivity index (χ4n) is 2.23. The van der Waals surface area contributed by atoms with Gasteiger partial charge in [0.15, 0.2) is 0 Å². The molecule has 0 atom stereocenters. The van der Waals surface area contributed by atoms with E-state index in [0.717, 1.165) is 12.8 Å². The summed E-state index contributed by atoms with van der Waals surface area (Å²) >= 11 is 2.03. The average Bonchev–Trinajstić information content (AvgIpc) is 2.65. The Bertz CT molecular complexity index is 366. The molecule has 0 aromatic rings. The average molecular weight is 380 g/mol. The number of carbonyl (C=O) groups is 3. The van der Waals surface area contributed by atoms with Crippen LogP contribution in [-0.4, -0.2) is 37.8 Å². The van der Waals surface area contributed by atoms with Gasteiger partial charge in [0.1, 0.15) is 0 Å². The molecule has 3 amide bonds. The molecule has 0 bridgehead atoms. The van der Waals surface area contributed by atoms with Crippen LogP contribution in [0.3, 0.4) is 0 Å². The first-order chi connectivity index (χ1) is 8.79. The second-order valence-corrected chi connectivity index (χ2v) is 6.39. The summed E-state index contributed by atoms with van der Waals surface area (Å²) < 4.78 is 1.69. The topological polar surface area (TPSA) is 57.7 Å². The number of carbonyl (C=O) groups excluding carboxylic acids is 3. The smallest absolute Gasteiger partial charge is 0.233 e. The summed E-state index contributed by atoms with van der Waals surface area (Å²) in [7, 11) is 0. The van der Waals surface area contributed by atoms with E-state index in [-0.39, 0.29) is 49.1 Å². The highest BCUT2D eigenvalue weighted by Gasteiger charge is 2.32. The maximum absolute atomic E-state index is 12.1. The molecule has 0 aromatic carbocycles. The summed E-state index contributed by atoms with van der Waals surface area (Å²) in [4.78, 5) is 36.2. The molecule has 1 heterocycles. The van der Waals surface area contributed by atoms with Crippen molar-refractivity contribution in [2.45, 2.75) is 58.4 Å². The second-order valence-electron chi connectivity index (χ2n) is 5.43. The third-order valence-corrected chi connectivity index (χ3v) is 5.16. The Balaban J connectivity index is 2.51. The van der Waals surface area contributed by atoms with Crippen LogP contribution in [-0.2, 0) is 14.4 Å². The van der Waals surface area contributed by atoms with Crippen LogP contribution >= 0.6 is 22.9 Å². The van der Waals surface area contributed by atoms with Crippen LogP contribution in [0.1, 0.15) is 52.9 Å². The summed E-state index contributed by atoms with van der Waals surface area (Å²) in [5, 5.41) is 0. The summed E-state index contributed by atoms with van der Waals surface area (Å²) in [5.74, 6) is -0.359. The Morgan fingerprint density at radius 1 is 1.32 bits per heavy atom. The van der Waals surface area contributed by atoms with Crippen molar-refractivity contribution in [2.24, 2.45) is 0 Å². The predicted molar refractivity (Wildman–Crippen MR) is 80.4 cm³/mol. The first-order valence-electron chi connectivity index (χ1n) is 6.61. The molecule has 0 radical (unpaired) electrons. The van der Waals surface area contributed by atoms with Crippen molar-refractivity contribution in [1.82, 2.24) is 8.01 Å². The van der Waals surface area contributed by atoms with E-state index >= 15 is 0 Å². The molecule has 1 aliphatic rings. The molecule has 0 aliphatic carbocycles. The molecule has 0 saturated carbocycles. The van der Waals surface area contributed by atoms with Gasteiger partial charge in [-0.25, -0.2) is 0 Å². The van der Waals surface area contributed by atoms with E-state index in [2.05, 4.69) is 6.92 Å². The van der Waals surface area contributed by atoms with Gasteiger partial charge in [0.25, 0.3) is 0 Å². The van der Waals surface area contributed by atoms with Gasteiger partial charge in [-0.3, -0.25) is 22.4 Å². The molecule has 1 rings (SSSR count). The number of rotatable bonds is 6. The number of imide groups is 1. The van der Waals surface area contributed by atoms with E-state index in [9.17, 15) is 14.4 Å². The zero-order valence-electron chi connectivity index (χ0n) is 11.7. The van der Waals surface area contributed by atoms with Crippen LogP contribution in [0.4, 0.5) is 0 Å². The lowest BCUT2D eigenvalue weighted by atomic mass is 9.99. The van der Waals surface area contributed by atoms with E-state index < -0.39 is 0 Å². The molecule has 0 unspecified atom stereocenters.